The minimum Gasteiger partial charge on any atom is -0.443 e. The lowest BCUT2D eigenvalue weighted by molar-refractivity contribution is -0.132. The summed E-state index contributed by atoms with van der Waals surface area (Å²) in [5.41, 5.74) is 1.94. The molecule has 0 unspecified atom stereocenters. The summed E-state index contributed by atoms with van der Waals surface area (Å²) in [6.07, 6.45) is 1.88. The minimum atomic E-state index is -0.0307. The van der Waals surface area contributed by atoms with Gasteiger partial charge < -0.3 is 14.2 Å². The Morgan fingerprint density at radius 2 is 1.90 bits per heavy atom. The first-order valence-electron chi connectivity index (χ1n) is 7.09. The van der Waals surface area contributed by atoms with Gasteiger partial charge in [-0.3, -0.25) is 9.59 Å². The van der Waals surface area contributed by atoms with Gasteiger partial charge in [-0.25, -0.2) is 4.98 Å². The second-order valence-corrected chi connectivity index (χ2v) is 5.06. The number of carbonyl (C=O) groups is 2. The van der Waals surface area contributed by atoms with Crippen molar-refractivity contribution in [1.82, 2.24) is 14.8 Å². The summed E-state index contributed by atoms with van der Waals surface area (Å²) < 4.78 is 5.22. The highest BCUT2D eigenvalue weighted by Gasteiger charge is 2.24. The van der Waals surface area contributed by atoms with E-state index in [4.69, 9.17) is 4.42 Å². The van der Waals surface area contributed by atoms with Crippen molar-refractivity contribution in [3.63, 3.8) is 0 Å². The molecule has 0 spiro atoms. The third-order valence-corrected chi connectivity index (χ3v) is 3.80. The van der Waals surface area contributed by atoms with Gasteiger partial charge in [0.05, 0.1) is 0 Å². The van der Waals surface area contributed by atoms with Gasteiger partial charge in [-0.1, -0.05) is 6.92 Å². The van der Waals surface area contributed by atoms with Gasteiger partial charge in [-0.05, 0) is 18.2 Å². The van der Waals surface area contributed by atoms with Crippen LogP contribution in [0.4, 0.5) is 0 Å². The van der Waals surface area contributed by atoms with E-state index in [0.29, 0.717) is 43.7 Å². The molecule has 0 radical (unpaired) electrons. The van der Waals surface area contributed by atoms with Gasteiger partial charge in [0.2, 0.25) is 5.91 Å². The predicted octanol–water partition coefficient (Wildman–Crippen LogP) is 1.52. The summed E-state index contributed by atoms with van der Waals surface area (Å²) in [4.78, 5) is 31.7. The summed E-state index contributed by atoms with van der Waals surface area (Å²) in [6.45, 7) is 4.19. The number of nitrogens with zero attached hydrogens (tertiary/aromatic N) is 3. The summed E-state index contributed by atoms with van der Waals surface area (Å²) in [5, 5.41) is 0. The SMILES string of the molecule is CCC(=O)N1CCN(C(=O)c2ccc3ncoc3c2)CC1. The Morgan fingerprint density at radius 3 is 2.62 bits per heavy atom. The van der Waals surface area contributed by atoms with E-state index < -0.39 is 0 Å². The van der Waals surface area contributed by atoms with Crippen molar-refractivity contribution in [2.24, 2.45) is 0 Å². The van der Waals surface area contributed by atoms with Gasteiger partial charge in [-0.15, -0.1) is 0 Å². The normalized spacial score (nSPS) is 15.5. The number of piperazine rings is 1. The fourth-order valence-corrected chi connectivity index (χ4v) is 2.55. The van der Waals surface area contributed by atoms with E-state index in [1.165, 1.54) is 6.39 Å². The molecule has 1 fully saturated rings. The quantitative estimate of drug-likeness (QED) is 0.840. The van der Waals surface area contributed by atoms with Crippen LogP contribution in [0.3, 0.4) is 0 Å². The number of amides is 2. The summed E-state index contributed by atoms with van der Waals surface area (Å²) in [5.74, 6) is 0.113. The van der Waals surface area contributed by atoms with Crippen LogP contribution >= 0.6 is 0 Å². The van der Waals surface area contributed by atoms with Gasteiger partial charge in [0.25, 0.3) is 5.91 Å². The molecule has 1 saturated heterocycles. The van der Waals surface area contributed by atoms with Gasteiger partial charge >= 0.3 is 0 Å². The number of hydrogen-bond acceptors (Lipinski definition) is 4. The van der Waals surface area contributed by atoms with Crippen molar-refractivity contribution >= 4 is 22.9 Å². The van der Waals surface area contributed by atoms with Crippen molar-refractivity contribution in [3.05, 3.63) is 30.2 Å². The molecule has 3 rings (SSSR count). The van der Waals surface area contributed by atoms with E-state index in [1.807, 2.05) is 11.8 Å². The van der Waals surface area contributed by atoms with Crippen LogP contribution in [0.1, 0.15) is 23.7 Å². The van der Waals surface area contributed by atoms with Gasteiger partial charge in [0, 0.05) is 38.2 Å². The Hall–Kier alpha value is -2.37. The molecule has 1 aliphatic heterocycles. The lowest BCUT2D eigenvalue weighted by atomic mass is 10.1. The Morgan fingerprint density at radius 1 is 1.19 bits per heavy atom. The van der Waals surface area contributed by atoms with E-state index in [9.17, 15) is 9.59 Å². The lowest BCUT2D eigenvalue weighted by Gasteiger charge is -2.34. The van der Waals surface area contributed by atoms with Crippen LogP contribution in [0.2, 0.25) is 0 Å². The number of hydrogen-bond donors (Lipinski definition) is 0. The topological polar surface area (TPSA) is 66.7 Å². The Bertz CT molecular complexity index is 672. The number of rotatable bonds is 2. The van der Waals surface area contributed by atoms with Gasteiger partial charge in [0.15, 0.2) is 12.0 Å². The van der Waals surface area contributed by atoms with Crippen molar-refractivity contribution in [1.29, 1.82) is 0 Å². The second-order valence-electron chi connectivity index (χ2n) is 5.06. The Labute approximate surface area is 122 Å². The van der Waals surface area contributed by atoms with Crippen LogP contribution in [0.15, 0.2) is 29.0 Å². The lowest BCUT2D eigenvalue weighted by Crippen LogP contribution is -2.50. The maximum Gasteiger partial charge on any atom is 0.254 e. The van der Waals surface area contributed by atoms with E-state index in [1.54, 1.807) is 23.1 Å². The highest BCUT2D eigenvalue weighted by atomic mass is 16.3. The monoisotopic (exact) mass is 287 g/mol. The smallest absolute Gasteiger partial charge is 0.254 e. The zero-order valence-corrected chi connectivity index (χ0v) is 11.9. The van der Waals surface area contributed by atoms with Crippen LogP contribution < -0.4 is 0 Å². The van der Waals surface area contributed by atoms with E-state index >= 15 is 0 Å². The maximum absolute atomic E-state index is 12.5. The third-order valence-electron chi connectivity index (χ3n) is 3.80. The number of aromatic nitrogens is 1. The Kier molecular flexibility index (Phi) is 3.60. The standard InChI is InChI=1S/C15H17N3O3/c1-2-14(19)17-5-7-18(8-6-17)15(20)11-3-4-12-13(9-11)21-10-16-12/h3-4,9-10H,2,5-8H2,1H3. The molecule has 1 aliphatic rings. The third kappa shape index (κ3) is 2.61. The molecule has 2 amide bonds. The molecule has 0 aliphatic carbocycles. The van der Waals surface area contributed by atoms with Crippen molar-refractivity contribution in [2.45, 2.75) is 13.3 Å². The summed E-state index contributed by atoms with van der Waals surface area (Å²) in [7, 11) is 0. The molecule has 21 heavy (non-hydrogen) atoms. The number of fused-ring (bicyclic) bond motifs is 1. The van der Waals surface area contributed by atoms with Crippen molar-refractivity contribution in [2.75, 3.05) is 26.2 Å². The number of benzene rings is 1. The molecule has 0 N–H and O–H groups in total. The first-order valence-corrected chi connectivity index (χ1v) is 7.09. The average molecular weight is 287 g/mol. The zero-order chi connectivity index (χ0) is 14.8. The molecule has 0 bridgehead atoms. The van der Waals surface area contributed by atoms with E-state index in [0.717, 1.165) is 5.52 Å². The van der Waals surface area contributed by atoms with Gasteiger partial charge in [-0.2, -0.15) is 0 Å². The fraction of sp³-hybridized carbons (Fsp3) is 0.400. The van der Waals surface area contributed by atoms with Crippen LogP contribution in [0, 0.1) is 0 Å². The van der Waals surface area contributed by atoms with E-state index in [2.05, 4.69) is 4.98 Å². The molecule has 0 atom stereocenters. The molecule has 1 aromatic carbocycles. The van der Waals surface area contributed by atoms with Crippen molar-refractivity contribution < 1.29 is 14.0 Å². The molecule has 2 aromatic rings. The molecular weight excluding hydrogens is 270 g/mol. The number of oxazole rings is 1. The highest BCUT2D eigenvalue weighted by molar-refractivity contribution is 5.97. The molecule has 110 valence electrons. The van der Waals surface area contributed by atoms with Gasteiger partial charge in [0.1, 0.15) is 5.52 Å². The minimum absolute atomic E-state index is 0.0307. The molecule has 6 nitrogen and oxygen atoms in total. The van der Waals surface area contributed by atoms with E-state index in [-0.39, 0.29) is 11.8 Å². The highest BCUT2D eigenvalue weighted by Crippen LogP contribution is 2.16. The molecule has 0 saturated carbocycles. The van der Waals surface area contributed by atoms with Crippen LogP contribution in [0.25, 0.3) is 11.1 Å². The zero-order valence-electron chi connectivity index (χ0n) is 11.9. The molecular formula is C15H17N3O3. The molecule has 6 heteroatoms. The number of carbonyl (C=O) groups excluding carboxylic acids is 2. The molecule has 1 aromatic heterocycles. The average Bonchev–Trinajstić information content (AvgIpc) is 3.01. The van der Waals surface area contributed by atoms with Crippen molar-refractivity contribution in [3.8, 4) is 0 Å². The predicted molar refractivity (Wildman–Crippen MR) is 76.8 cm³/mol. The Balaban J connectivity index is 1.70. The summed E-state index contributed by atoms with van der Waals surface area (Å²) in [6, 6.07) is 5.26. The second kappa shape index (κ2) is 5.55. The first kappa shape index (κ1) is 13.6. The van der Waals surface area contributed by atoms with Crippen LogP contribution in [-0.2, 0) is 4.79 Å². The molecule has 2 heterocycles. The largest absolute Gasteiger partial charge is 0.443 e. The van der Waals surface area contributed by atoms with Crippen LogP contribution in [0.5, 0.6) is 0 Å². The first-order chi connectivity index (χ1) is 10.2. The summed E-state index contributed by atoms with van der Waals surface area (Å²) >= 11 is 0. The van der Waals surface area contributed by atoms with Crippen LogP contribution in [-0.4, -0.2) is 52.8 Å². The fourth-order valence-electron chi connectivity index (χ4n) is 2.55. The maximum atomic E-state index is 12.5.